The first-order valence-electron chi connectivity index (χ1n) is 4.88. The van der Waals surface area contributed by atoms with Crippen LogP contribution in [-0.4, -0.2) is 0 Å². The van der Waals surface area contributed by atoms with E-state index < -0.39 is 0 Å². The van der Waals surface area contributed by atoms with Crippen molar-refractivity contribution in [1.82, 2.24) is 0 Å². The Morgan fingerprint density at radius 2 is 1.36 bits per heavy atom. The zero-order chi connectivity index (χ0) is 10.8. The Bertz CT molecular complexity index is 325. The molecular weight excluding hydrogens is 168 g/mol. The summed E-state index contributed by atoms with van der Waals surface area (Å²) in [4.78, 5) is 0. The lowest BCUT2D eigenvalue weighted by molar-refractivity contribution is 0.590. The first-order chi connectivity index (χ1) is 6.47. The molecule has 0 atom stereocenters. The molecule has 1 aromatic carbocycles. The van der Waals surface area contributed by atoms with E-state index in [2.05, 4.69) is 52.1 Å². The van der Waals surface area contributed by atoms with Crippen LogP contribution in [0.15, 0.2) is 31.4 Å². The zero-order valence-electron chi connectivity index (χ0n) is 9.30. The van der Waals surface area contributed by atoms with Crippen molar-refractivity contribution in [3.8, 4) is 0 Å². The lowest BCUT2D eigenvalue weighted by Gasteiger charge is -2.20. The second kappa shape index (κ2) is 3.83. The van der Waals surface area contributed by atoms with Crippen LogP contribution in [0.3, 0.4) is 0 Å². The monoisotopic (exact) mass is 186 g/mol. The molecule has 0 heteroatoms. The van der Waals surface area contributed by atoms with Crippen molar-refractivity contribution in [2.75, 3.05) is 0 Å². The fourth-order valence-corrected chi connectivity index (χ4v) is 1.35. The summed E-state index contributed by atoms with van der Waals surface area (Å²) in [6.45, 7) is 14.2. The molecule has 0 radical (unpaired) electrons. The molecule has 0 amide bonds. The molecule has 0 unspecified atom stereocenters. The summed E-state index contributed by atoms with van der Waals surface area (Å²) >= 11 is 0. The zero-order valence-corrected chi connectivity index (χ0v) is 9.30. The Hall–Kier alpha value is -1.30. The molecule has 1 aromatic rings. The number of hydrogen-bond acceptors (Lipinski definition) is 0. The first kappa shape index (κ1) is 10.8. The second-order valence-electron chi connectivity index (χ2n) is 4.55. The Balaban J connectivity index is 3.31. The van der Waals surface area contributed by atoms with Gasteiger partial charge < -0.3 is 0 Å². The van der Waals surface area contributed by atoms with Gasteiger partial charge in [-0.25, -0.2) is 0 Å². The molecule has 1 rings (SSSR count). The van der Waals surface area contributed by atoms with E-state index in [-0.39, 0.29) is 5.41 Å². The molecule has 0 heterocycles. The van der Waals surface area contributed by atoms with E-state index in [1.165, 1.54) is 5.56 Å². The molecule has 0 N–H and O–H groups in total. The number of rotatable bonds is 2. The van der Waals surface area contributed by atoms with E-state index in [0.29, 0.717) is 0 Å². The minimum atomic E-state index is 0.177. The van der Waals surface area contributed by atoms with Gasteiger partial charge in [-0.05, 0) is 28.2 Å². The van der Waals surface area contributed by atoms with Crippen LogP contribution in [-0.2, 0) is 5.41 Å². The highest BCUT2D eigenvalue weighted by Gasteiger charge is 2.14. The van der Waals surface area contributed by atoms with Gasteiger partial charge in [0.15, 0.2) is 0 Å². The van der Waals surface area contributed by atoms with Gasteiger partial charge in [-0.1, -0.05) is 58.2 Å². The van der Waals surface area contributed by atoms with Crippen molar-refractivity contribution >= 4 is 12.2 Å². The van der Waals surface area contributed by atoms with E-state index in [4.69, 9.17) is 0 Å². The normalized spacial score (nSPS) is 11.1. The van der Waals surface area contributed by atoms with Gasteiger partial charge in [0.25, 0.3) is 0 Å². The molecule has 0 nitrogen and oxygen atoms in total. The van der Waals surface area contributed by atoms with E-state index in [1.54, 1.807) is 0 Å². The van der Waals surface area contributed by atoms with Crippen molar-refractivity contribution in [1.29, 1.82) is 0 Å². The summed E-state index contributed by atoms with van der Waals surface area (Å²) in [6, 6.07) is 6.45. The predicted octanol–water partition coefficient (Wildman–Crippen LogP) is 4.27. The third-order valence-corrected chi connectivity index (χ3v) is 2.32. The van der Waals surface area contributed by atoms with Crippen LogP contribution in [0.2, 0.25) is 0 Å². The largest absolute Gasteiger partial charge is 0.0985 e. The maximum atomic E-state index is 3.80. The van der Waals surface area contributed by atoms with Crippen LogP contribution < -0.4 is 0 Å². The molecular formula is C14H18. The summed E-state index contributed by atoms with van der Waals surface area (Å²) in [6.07, 6.45) is 3.75. The Morgan fingerprint density at radius 3 is 1.64 bits per heavy atom. The maximum Gasteiger partial charge on any atom is -0.0131 e. The topological polar surface area (TPSA) is 0 Å². The van der Waals surface area contributed by atoms with Crippen molar-refractivity contribution in [3.63, 3.8) is 0 Å². The number of hydrogen-bond donors (Lipinski definition) is 0. The van der Waals surface area contributed by atoms with Crippen molar-refractivity contribution < 1.29 is 0 Å². The second-order valence-corrected chi connectivity index (χ2v) is 4.55. The molecule has 0 aromatic heterocycles. The molecule has 0 aliphatic heterocycles. The lowest BCUT2D eigenvalue weighted by Crippen LogP contribution is -2.11. The third kappa shape index (κ3) is 2.35. The smallest absolute Gasteiger partial charge is 0.0131 e. The summed E-state index contributed by atoms with van der Waals surface area (Å²) in [5, 5.41) is 0. The predicted molar refractivity (Wildman–Crippen MR) is 65.3 cm³/mol. The average molecular weight is 186 g/mol. The third-order valence-electron chi connectivity index (χ3n) is 2.32. The molecule has 0 saturated heterocycles. The molecule has 74 valence electrons. The minimum Gasteiger partial charge on any atom is -0.0985 e. The van der Waals surface area contributed by atoms with Gasteiger partial charge in [0.05, 0.1) is 0 Å². The average Bonchev–Trinajstić information content (AvgIpc) is 2.15. The van der Waals surface area contributed by atoms with Crippen LogP contribution in [0.25, 0.3) is 12.2 Å². The molecule has 0 saturated carbocycles. The molecule has 0 aliphatic rings. The fraction of sp³-hybridized carbons (Fsp3) is 0.286. The highest BCUT2D eigenvalue weighted by Crippen LogP contribution is 2.25. The van der Waals surface area contributed by atoms with Gasteiger partial charge >= 0.3 is 0 Å². The van der Waals surface area contributed by atoms with E-state index in [9.17, 15) is 0 Å². The SMILES string of the molecule is C=Cc1cc(C=C)cc(C(C)(C)C)c1. The molecule has 0 fully saturated rings. The quantitative estimate of drug-likeness (QED) is 0.647. The van der Waals surface area contributed by atoms with Gasteiger partial charge in [-0.3, -0.25) is 0 Å². The van der Waals surface area contributed by atoms with Gasteiger partial charge in [-0.15, -0.1) is 0 Å². The van der Waals surface area contributed by atoms with Gasteiger partial charge in [0.1, 0.15) is 0 Å². The fourth-order valence-electron chi connectivity index (χ4n) is 1.35. The Labute approximate surface area is 87.0 Å². The van der Waals surface area contributed by atoms with Crippen LogP contribution in [0.4, 0.5) is 0 Å². The Kier molecular flexibility index (Phi) is 2.95. The first-order valence-corrected chi connectivity index (χ1v) is 4.88. The van der Waals surface area contributed by atoms with Gasteiger partial charge in [0.2, 0.25) is 0 Å². The van der Waals surface area contributed by atoms with Gasteiger partial charge in [0, 0.05) is 0 Å². The van der Waals surface area contributed by atoms with Crippen LogP contribution in [0.5, 0.6) is 0 Å². The minimum absolute atomic E-state index is 0.177. The van der Waals surface area contributed by atoms with E-state index >= 15 is 0 Å². The highest BCUT2D eigenvalue weighted by atomic mass is 14.2. The van der Waals surface area contributed by atoms with E-state index in [0.717, 1.165) is 11.1 Å². The summed E-state index contributed by atoms with van der Waals surface area (Å²) < 4.78 is 0. The Morgan fingerprint density at radius 1 is 0.929 bits per heavy atom. The van der Waals surface area contributed by atoms with Gasteiger partial charge in [-0.2, -0.15) is 0 Å². The van der Waals surface area contributed by atoms with E-state index in [1.807, 2.05) is 12.2 Å². The summed E-state index contributed by atoms with van der Waals surface area (Å²) in [5.41, 5.74) is 3.82. The van der Waals surface area contributed by atoms with Crippen LogP contribution in [0, 0.1) is 0 Å². The molecule has 14 heavy (non-hydrogen) atoms. The van der Waals surface area contributed by atoms with Crippen molar-refractivity contribution in [2.24, 2.45) is 0 Å². The van der Waals surface area contributed by atoms with Crippen LogP contribution >= 0.6 is 0 Å². The molecule has 0 bridgehead atoms. The molecule has 0 aliphatic carbocycles. The van der Waals surface area contributed by atoms with Crippen LogP contribution in [0.1, 0.15) is 37.5 Å². The lowest BCUT2D eigenvalue weighted by atomic mass is 9.85. The summed E-state index contributed by atoms with van der Waals surface area (Å²) in [7, 11) is 0. The highest BCUT2D eigenvalue weighted by molar-refractivity contribution is 5.58. The molecule has 0 spiro atoms. The standard InChI is InChI=1S/C14H18/c1-6-11-8-12(7-2)10-13(9-11)14(3,4)5/h6-10H,1-2H2,3-5H3. The van der Waals surface area contributed by atoms with Crippen molar-refractivity contribution in [2.45, 2.75) is 26.2 Å². The van der Waals surface area contributed by atoms with Crippen molar-refractivity contribution in [3.05, 3.63) is 48.0 Å². The summed E-state index contributed by atoms with van der Waals surface area (Å²) in [5.74, 6) is 0. The number of benzene rings is 1. The maximum absolute atomic E-state index is 3.80.